The number of nitriles is 1. The summed E-state index contributed by atoms with van der Waals surface area (Å²) in [6.07, 6.45) is -0.547. The van der Waals surface area contributed by atoms with E-state index in [2.05, 4.69) is 0 Å². The number of aryl methyl sites for hydroxylation is 1. The van der Waals surface area contributed by atoms with Crippen LogP contribution in [0.1, 0.15) is 15.9 Å². The van der Waals surface area contributed by atoms with Crippen molar-refractivity contribution in [1.29, 1.82) is 5.26 Å². The molecule has 1 aliphatic rings. The van der Waals surface area contributed by atoms with Crippen LogP contribution in [-0.4, -0.2) is 36.6 Å². The molecule has 0 spiro atoms. The van der Waals surface area contributed by atoms with E-state index in [1.54, 1.807) is 17.0 Å². The quantitative estimate of drug-likeness (QED) is 0.747. The Balaban J connectivity index is 2.18. The second-order valence-corrected chi connectivity index (χ2v) is 4.33. The third-order valence-corrected chi connectivity index (χ3v) is 2.94. The number of nitrogen functional groups attached to an aromatic ring is 1. The van der Waals surface area contributed by atoms with E-state index in [9.17, 15) is 4.79 Å². The van der Waals surface area contributed by atoms with Gasteiger partial charge in [-0.15, -0.1) is 0 Å². The molecule has 1 aromatic rings. The lowest BCUT2D eigenvalue weighted by molar-refractivity contribution is 0.00351. The van der Waals surface area contributed by atoms with Crippen LogP contribution in [0.2, 0.25) is 0 Å². The molecule has 1 saturated heterocycles. The molecule has 2 rings (SSSR count). The van der Waals surface area contributed by atoms with E-state index in [0.29, 0.717) is 30.9 Å². The smallest absolute Gasteiger partial charge is 0.256 e. The number of hydrogen-bond donors (Lipinski definition) is 1. The Morgan fingerprint density at radius 3 is 3.06 bits per heavy atom. The fourth-order valence-corrected chi connectivity index (χ4v) is 1.96. The number of anilines is 1. The van der Waals surface area contributed by atoms with Crippen molar-refractivity contribution in [3.63, 3.8) is 0 Å². The molecule has 1 atom stereocenters. The van der Waals surface area contributed by atoms with E-state index in [1.165, 1.54) is 0 Å². The third-order valence-electron chi connectivity index (χ3n) is 2.94. The van der Waals surface area contributed by atoms with Crippen molar-refractivity contribution in [2.75, 3.05) is 25.4 Å². The fraction of sp³-hybridized carbons (Fsp3) is 0.385. The monoisotopic (exact) mass is 245 g/mol. The van der Waals surface area contributed by atoms with E-state index in [0.717, 1.165) is 5.56 Å². The fourth-order valence-electron chi connectivity index (χ4n) is 1.96. The van der Waals surface area contributed by atoms with Crippen LogP contribution in [0.4, 0.5) is 5.69 Å². The van der Waals surface area contributed by atoms with Crippen LogP contribution in [0.15, 0.2) is 18.2 Å². The first-order valence-corrected chi connectivity index (χ1v) is 5.78. The maximum absolute atomic E-state index is 12.3. The number of ether oxygens (including phenoxy) is 1. The highest BCUT2D eigenvalue weighted by Gasteiger charge is 2.25. The minimum Gasteiger partial charge on any atom is -0.398 e. The number of hydrogen-bond acceptors (Lipinski definition) is 4. The van der Waals surface area contributed by atoms with Gasteiger partial charge in [0.05, 0.1) is 24.8 Å². The van der Waals surface area contributed by atoms with Gasteiger partial charge in [-0.05, 0) is 24.6 Å². The van der Waals surface area contributed by atoms with Crippen LogP contribution in [0.25, 0.3) is 0 Å². The van der Waals surface area contributed by atoms with Crippen LogP contribution < -0.4 is 5.73 Å². The Morgan fingerprint density at radius 1 is 1.61 bits per heavy atom. The average Bonchev–Trinajstić information content (AvgIpc) is 2.38. The van der Waals surface area contributed by atoms with E-state index in [1.807, 2.05) is 19.1 Å². The largest absolute Gasteiger partial charge is 0.398 e. The molecule has 0 aromatic heterocycles. The van der Waals surface area contributed by atoms with Crippen molar-refractivity contribution < 1.29 is 9.53 Å². The summed E-state index contributed by atoms with van der Waals surface area (Å²) in [4.78, 5) is 13.9. The van der Waals surface area contributed by atoms with E-state index in [4.69, 9.17) is 15.7 Å². The van der Waals surface area contributed by atoms with Gasteiger partial charge >= 0.3 is 0 Å². The Bertz CT molecular complexity index is 507. The second kappa shape index (κ2) is 5.07. The Hall–Kier alpha value is -2.06. The Morgan fingerprint density at radius 2 is 2.39 bits per heavy atom. The number of nitrogens with two attached hydrogens (primary N) is 1. The van der Waals surface area contributed by atoms with Gasteiger partial charge in [0, 0.05) is 12.2 Å². The molecular formula is C13H15N3O2. The van der Waals surface area contributed by atoms with Crippen molar-refractivity contribution in [2.45, 2.75) is 13.0 Å². The first-order valence-electron chi connectivity index (χ1n) is 5.78. The molecule has 1 fully saturated rings. The summed E-state index contributed by atoms with van der Waals surface area (Å²) in [5.74, 6) is -0.143. The van der Waals surface area contributed by atoms with E-state index in [-0.39, 0.29) is 5.91 Å². The average molecular weight is 245 g/mol. The lowest BCUT2D eigenvalue weighted by atomic mass is 10.1. The molecule has 18 heavy (non-hydrogen) atoms. The number of amides is 1. The molecule has 1 aromatic carbocycles. The van der Waals surface area contributed by atoms with Gasteiger partial charge in [-0.1, -0.05) is 6.07 Å². The molecular weight excluding hydrogens is 230 g/mol. The molecule has 0 aliphatic carbocycles. The highest BCUT2D eigenvalue weighted by atomic mass is 16.5. The Kier molecular flexibility index (Phi) is 3.49. The van der Waals surface area contributed by atoms with Crippen molar-refractivity contribution >= 4 is 11.6 Å². The Labute approximate surface area is 106 Å². The minimum atomic E-state index is -0.547. The van der Waals surface area contributed by atoms with Crippen LogP contribution in [-0.2, 0) is 4.74 Å². The summed E-state index contributed by atoms with van der Waals surface area (Å²) in [6.45, 7) is 3.09. The number of carbonyl (C=O) groups excluding carboxylic acids is 1. The summed E-state index contributed by atoms with van der Waals surface area (Å²) in [5, 5.41) is 8.81. The molecule has 5 nitrogen and oxygen atoms in total. The number of nitrogens with zero attached hydrogens (tertiary/aromatic N) is 2. The van der Waals surface area contributed by atoms with Crippen LogP contribution in [0.3, 0.4) is 0 Å². The van der Waals surface area contributed by atoms with Gasteiger partial charge < -0.3 is 15.4 Å². The maximum Gasteiger partial charge on any atom is 0.256 e. The standard InChI is InChI=1S/C13H15N3O2/c1-9-2-3-11(12(15)6-9)13(17)16-4-5-18-10(7-14)8-16/h2-3,6,10H,4-5,8,15H2,1H3. The summed E-state index contributed by atoms with van der Waals surface area (Å²) in [7, 11) is 0. The highest BCUT2D eigenvalue weighted by Crippen LogP contribution is 2.17. The van der Waals surface area contributed by atoms with Crippen LogP contribution in [0.5, 0.6) is 0 Å². The molecule has 0 bridgehead atoms. The lowest BCUT2D eigenvalue weighted by Gasteiger charge is -2.30. The summed E-state index contributed by atoms with van der Waals surface area (Å²) in [6, 6.07) is 7.37. The molecule has 1 heterocycles. The van der Waals surface area contributed by atoms with Crippen molar-refractivity contribution in [1.82, 2.24) is 4.90 Å². The SMILES string of the molecule is Cc1ccc(C(=O)N2CCOC(C#N)C2)c(N)c1. The molecule has 0 saturated carbocycles. The number of benzene rings is 1. The third kappa shape index (κ3) is 2.44. The number of carbonyl (C=O) groups is 1. The van der Waals surface area contributed by atoms with Crippen LogP contribution in [0, 0.1) is 18.3 Å². The predicted octanol–water partition coefficient (Wildman–Crippen LogP) is 0.942. The van der Waals surface area contributed by atoms with Crippen molar-refractivity contribution in [3.8, 4) is 6.07 Å². The normalized spacial score (nSPS) is 19.3. The second-order valence-electron chi connectivity index (χ2n) is 4.33. The van der Waals surface area contributed by atoms with Gasteiger partial charge in [0.15, 0.2) is 6.10 Å². The number of morpholine rings is 1. The van der Waals surface area contributed by atoms with Gasteiger partial charge in [0.2, 0.25) is 0 Å². The summed E-state index contributed by atoms with van der Waals surface area (Å²) < 4.78 is 5.21. The topological polar surface area (TPSA) is 79.3 Å². The van der Waals surface area contributed by atoms with Crippen LogP contribution >= 0.6 is 0 Å². The molecule has 1 amide bonds. The molecule has 5 heteroatoms. The zero-order valence-electron chi connectivity index (χ0n) is 10.2. The predicted molar refractivity (Wildman–Crippen MR) is 66.8 cm³/mol. The highest BCUT2D eigenvalue weighted by molar-refractivity contribution is 5.99. The molecule has 1 unspecified atom stereocenters. The van der Waals surface area contributed by atoms with E-state index >= 15 is 0 Å². The summed E-state index contributed by atoms with van der Waals surface area (Å²) >= 11 is 0. The lowest BCUT2D eigenvalue weighted by Crippen LogP contribution is -2.45. The van der Waals surface area contributed by atoms with E-state index < -0.39 is 6.10 Å². The zero-order chi connectivity index (χ0) is 13.1. The van der Waals surface area contributed by atoms with Gasteiger partial charge in [-0.3, -0.25) is 4.79 Å². The number of rotatable bonds is 1. The van der Waals surface area contributed by atoms with Gasteiger partial charge in [-0.2, -0.15) is 5.26 Å². The zero-order valence-corrected chi connectivity index (χ0v) is 10.2. The van der Waals surface area contributed by atoms with Gasteiger partial charge in [0.1, 0.15) is 0 Å². The molecule has 94 valence electrons. The van der Waals surface area contributed by atoms with Gasteiger partial charge in [-0.25, -0.2) is 0 Å². The molecule has 1 aliphatic heterocycles. The van der Waals surface area contributed by atoms with Gasteiger partial charge in [0.25, 0.3) is 5.91 Å². The molecule has 2 N–H and O–H groups in total. The summed E-state index contributed by atoms with van der Waals surface area (Å²) in [5.41, 5.74) is 7.82. The van der Waals surface area contributed by atoms with Crippen molar-refractivity contribution in [3.05, 3.63) is 29.3 Å². The van der Waals surface area contributed by atoms with Crippen molar-refractivity contribution in [2.24, 2.45) is 0 Å². The first kappa shape index (κ1) is 12.4. The maximum atomic E-state index is 12.3. The first-order chi connectivity index (χ1) is 8.61. The minimum absolute atomic E-state index is 0.143. The molecule has 0 radical (unpaired) electrons.